The summed E-state index contributed by atoms with van der Waals surface area (Å²) < 4.78 is 0. The normalized spacial score (nSPS) is 26.0. The molecule has 2 aliphatic heterocycles. The molecule has 1 N–H and O–H groups in total. The summed E-state index contributed by atoms with van der Waals surface area (Å²) in [6, 6.07) is 0.231. The summed E-state index contributed by atoms with van der Waals surface area (Å²) >= 11 is 0. The van der Waals surface area contributed by atoms with Gasteiger partial charge in [0, 0.05) is 18.9 Å². The Bertz CT molecular complexity index is 273. The van der Waals surface area contributed by atoms with Gasteiger partial charge in [-0.3, -0.25) is 4.90 Å². The molecule has 70 valence electrons. The van der Waals surface area contributed by atoms with Crippen molar-refractivity contribution < 1.29 is 9.90 Å². The zero-order chi connectivity index (χ0) is 9.26. The lowest BCUT2D eigenvalue weighted by atomic mass is 10.1. The third-order valence-corrected chi connectivity index (χ3v) is 2.41. The highest BCUT2D eigenvalue weighted by atomic mass is 16.4. The van der Waals surface area contributed by atoms with Gasteiger partial charge in [0.2, 0.25) is 0 Å². The summed E-state index contributed by atoms with van der Waals surface area (Å²) in [6.07, 6.45) is 7.83. The molecular formula is C9H12N2O2. The molecule has 0 bridgehead atoms. The number of amides is 1. The van der Waals surface area contributed by atoms with Crippen molar-refractivity contribution in [3.8, 4) is 0 Å². The van der Waals surface area contributed by atoms with Crippen LogP contribution in [0.2, 0.25) is 0 Å². The highest BCUT2D eigenvalue weighted by Crippen LogP contribution is 2.16. The number of hydrogen-bond acceptors (Lipinski definition) is 2. The summed E-state index contributed by atoms with van der Waals surface area (Å²) in [5, 5.41) is 8.76. The lowest BCUT2D eigenvalue weighted by Crippen LogP contribution is -2.45. The lowest BCUT2D eigenvalue weighted by Gasteiger charge is -2.37. The zero-order valence-corrected chi connectivity index (χ0v) is 7.26. The van der Waals surface area contributed by atoms with Gasteiger partial charge >= 0.3 is 6.09 Å². The summed E-state index contributed by atoms with van der Waals surface area (Å²) in [5.41, 5.74) is 0. The molecule has 2 rings (SSSR count). The van der Waals surface area contributed by atoms with E-state index in [2.05, 4.69) is 17.1 Å². The van der Waals surface area contributed by atoms with Gasteiger partial charge in [0.25, 0.3) is 0 Å². The standard InChI is InChI=1S/C9H12N2O2/c12-9(13)11-6-5-10-4-2-1-3-8(10)7-11/h1,3,5-6,8H,2,4,7H2,(H,12,13). The molecule has 0 radical (unpaired) electrons. The van der Waals surface area contributed by atoms with E-state index in [-0.39, 0.29) is 6.04 Å². The molecule has 13 heavy (non-hydrogen) atoms. The summed E-state index contributed by atoms with van der Waals surface area (Å²) in [6.45, 7) is 1.54. The molecule has 1 unspecified atom stereocenters. The van der Waals surface area contributed by atoms with Crippen LogP contribution < -0.4 is 0 Å². The smallest absolute Gasteiger partial charge is 0.411 e. The van der Waals surface area contributed by atoms with Gasteiger partial charge in [-0.05, 0) is 6.42 Å². The quantitative estimate of drug-likeness (QED) is 0.567. The zero-order valence-electron chi connectivity index (χ0n) is 7.26. The minimum Gasteiger partial charge on any atom is -0.465 e. The van der Waals surface area contributed by atoms with E-state index in [9.17, 15) is 4.79 Å². The van der Waals surface area contributed by atoms with Gasteiger partial charge in [-0.2, -0.15) is 0 Å². The molecule has 2 aliphatic rings. The Morgan fingerprint density at radius 3 is 3.08 bits per heavy atom. The van der Waals surface area contributed by atoms with Crippen molar-refractivity contribution in [3.05, 3.63) is 24.6 Å². The second-order valence-electron chi connectivity index (χ2n) is 3.26. The van der Waals surface area contributed by atoms with Gasteiger partial charge in [-0.25, -0.2) is 4.79 Å². The van der Waals surface area contributed by atoms with E-state index in [0.717, 1.165) is 13.0 Å². The third kappa shape index (κ3) is 1.52. The molecule has 0 fully saturated rings. The van der Waals surface area contributed by atoms with E-state index in [4.69, 9.17) is 5.11 Å². The van der Waals surface area contributed by atoms with Crippen LogP contribution in [0.4, 0.5) is 4.79 Å². The molecule has 1 atom stereocenters. The molecule has 4 heteroatoms. The van der Waals surface area contributed by atoms with Gasteiger partial charge in [0.15, 0.2) is 0 Å². The summed E-state index contributed by atoms with van der Waals surface area (Å²) in [4.78, 5) is 14.1. The molecule has 0 spiro atoms. The maximum absolute atomic E-state index is 10.7. The van der Waals surface area contributed by atoms with Gasteiger partial charge in [-0.15, -0.1) is 0 Å². The maximum Gasteiger partial charge on any atom is 0.411 e. The Labute approximate surface area is 76.7 Å². The van der Waals surface area contributed by atoms with Gasteiger partial charge in [0.1, 0.15) is 0 Å². The van der Waals surface area contributed by atoms with E-state index in [1.165, 1.54) is 4.90 Å². The first-order valence-corrected chi connectivity index (χ1v) is 4.37. The number of hydrogen-bond donors (Lipinski definition) is 1. The van der Waals surface area contributed by atoms with E-state index in [1.54, 1.807) is 6.20 Å². The average molecular weight is 180 g/mol. The predicted molar refractivity (Wildman–Crippen MR) is 48.1 cm³/mol. The maximum atomic E-state index is 10.7. The van der Waals surface area contributed by atoms with Crippen molar-refractivity contribution in [2.24, 2.45) is 0 Å². The van der Waals surface area contributed by atoms with Crippen molar-refractivity contribution in [2.45, 2.75) is 12.5 Å². The fourth-order valence-corrected chi connectivity index (χ4v) is 1.67. The Morgan fingerprint density at radius 1 is 1.46 bits per heavy atom. The third-order valence-electron chi connectivity index (χ3n) is 2.41. The number of nitrogens with zero attached hydrogens (tertiary/aromatic N) is 2. The molecule has 4 nitrogen and oxygen atoms in total. The van der Waals surface area contributed by atoms with Gasteiger partial charge in [0.05, 0.1) is 12.6 Å². The van der Waals surface area contributed by atoms with Gasteiger partial charge in [-0.1, -0.05) is 12.2 Å². The number of rotatable bonds is 0. The van der Waals surface area contributed by atoms with E-state index >= 15 is 0 Å². The average Bonchev–Trinajstić information content (AvgIpc) is 2.17. The number of fused-ring (bicyclic) bond motifs is 1. The molecule has 1 amide bonds. The van der Waals surface area contributed by atoms with Crippen LogP contribution >= 0.6 is 0 Å². The van der Waals surface area contributed by atoms with E-state index in [0.29, 0.717) is 6.54 Å². The van der Waals surface area contributed by atoms with Crippen LogP contribution in [-0.2, 0) is 0 Å². The molecule has 0 aliphatic carbocycles. The lowest BCUT2D eigenvalue weighted by molar-refractivity contribution is 0.143. The van der Waals surface area contributed by atoms with Gasteiger partial charge < -0.3 is 10.0 Å². The predicted octanol–water partition coefficient (Wildman–Crippen LogP) is 1.08. The number of carbonyl (C=O) groups is 1. The molecule has 0 aromatic heterocycles. The Balaban J connectivity index is 2.12. The largest absolute Gasteiger partial charge is 0.465 e. The minimum absolute atomic E-state index is 0.231. The first-order chi connectivity index (χ1) is 6.27. The number of carboxylic acid groups (broad SMARTS) is 1. The minimum atomic E-state index is -0.880. The van der Waals surface area contributed by atoms with Crippen LogP contribution in [0.1, 0.15) is 6.42 Å². The first kappa shape index (κ1) is 8.16. The van der Waals surface area contributed by atoms with Crippen molar-refractivity contribution in [1.29, 1.82) is 0 Å². The van der Waals surface area contributed by atoms with Crippen molar-refractivity contribution >= 4 is 6.09 Å². The van der Waals surface area contributed by atoms with E-state index < -0.39 is 6.09 Å². The first-order valence-electron chi connectivity index (χ1n) is 4.37. The van der Waals surface area contributed by atoms with Crippen LogP contribution in [0.25, 0.3) is 0 Å². The Kier molecular flexibility index (Phi) is 1.96. The molecule has 2 heterocycles. The highest BCUT2D eigenvalue weighted by Gasteiger charge is 2.24. The summed E-state index contributed by atoms with van der Waals surface area (Å²) in [5.74, 6) is 0. The van der Waals surface area contributed by atoms with Crippen molar-refractivity contribution in [1.82, 2.24) is 9.80 Å². The van der Waals surface area contributed by atoms with Crippen molar-refractivity contribution in [2.75, 3.05) is 13.1 Å². The molecule has 0 aromatic carbocycles. The molecule has 0 aromatic rings. The van der Waals surface area contributed by atoms with E-state index in [1.807, 2.05) is 6.20 Å². The molecule has 0 saturated carbocycles. The van der Waals surface area contributed by atoms with Crippen molar-refractivity contribution in [3.63, 3.8) is 0 Å². The van der Waals surface area contributed by atoms with Crippen LogP contribution in [0, 0.1) is 0 Å². The van der Waals surface area contributed by atoms with Crippen LogP contribution in [0.3, 0.4) is 0 Å². The molecule has 0 saturated heterocycles. The SMILES string of the molecule is O=C(O)N1C=CN2CCC=CC2C1. The molecular weight excluding hydrogens is 168 g/mol. The summed E-state index contributed by atoms with van der Waals surface area (Å²) in [7, 11) is 0. The second kappa shape index (κ2) is 3.12. The highest BCUT2D eigenvalue weighted by molar-refractivity contribution is 5.66. The second-order valence-corrected chi connectivity index (χ2v) is 3.26. The Hall–Kier alpha value is -1.45. The van der Waals surface area contributed by atoms with Crippen LogP contribution in [0.15, 0.2) is 24.6 Å². The fraction of sp³-hybridized carbons (Fsp3) is 0.444. The van der Waals surface area contributed by atoms with Crippen LogP contribution in [-0.4, -0.2) is 40.1 Å². The van der Waals surface area contributed by atoms with Crippen LogP contribution in [0.5, 0.6) is 0 Å². The monoisotopic (exact) mass is 180 g/mol. The fourth-order valence-electron chi connectivity index (χ4n) is 1.67. The topological polar surface area (TPSA) is 43.8 Å². The Morgan fingerprint density at radius 2 is 2.31 bits per heavy atom.